The minimum absolute atomic E-state index is 0.650. The highest BCUT2D eigenvalue weighted by atomic mass is 16.4. The van der Waals surface area contributed by atoms with E-state index in [1.54, 1.807) is 19.9 Å². The Labute approximate surface area is 48.0 Å². The molecule has 0 aliphatic heterocycles. The minimum atomic E-state index is -1.01. The first-order valence-electron chi connectivity index (χ1n) is 2.29. The summed E-state index contributed by atoms with van der Waals surface area (Å²) < 4.78 is 0. The molecular formula is C5H9NO2. The van der Waals surface area contributed by atoms with E-state index in [9.17, 15) is 4.79 Å². The van der Waals surface area contributed by atoms with Crippen LogP contribution in [0.25, 0.3) is 0 Å². The molecule has 0 radical (unpaired) electrons. The molecule has 3 nitrogen and oxygen atoms in total. The molecule has 0 aromatic rings. The summed E-state index contributed by atoms with van der Waals surface area (Å²) in [5.41, 5.74) is 0.650. The molecule has 0 heterocycles. The van der Waals surface area contributed by atoms with Crippen LogP contribution < -0.4 is 5.32 Å². The molecule has 0 aromatic heterocycles. The second kappa shape index (κ2) is 3.07. The molecule has 0 rings (SSSR count). The Morgan fingerprint density at radius 3 is 2.38 bits per heavy atom. The topological polar surface area (TPSA) is 49.3 Å². The molecule has 2 N–H and O–H groups in total. The number of hydrogen-bond donors (Lipinski definition) is 2. The van der Waals surface area contributed by atoms with Crippen LogP contribution in [-0.2, 0) is 0 Å². The first kappa shape index (κ1) is 7.01. The van der Waals surface area contributed by atoms with Crippen molar-refractivity contribution >= 4 is 6.09 Å². The van der Waals surface area contributed by atoms with E-state index in [1.807, 2.05) is 0 Å². The summed E-state index contributed by atoms with van der Waals surface area (Å²) in [4.78, 5) is 9.82. The Hall–Kier alpha value is -0.990. The fourth-order valence-corrected chi connectivity index (χ4v) is 0.241. The van der Waals surface area contributed by atoms with E-state index >= 15 is 0 Å². The van der Waals surface area contributed by atoms with Gasteiger partial charge in [0.15, 0.2) is 0 Å². The van der Waals surface area contributed by atoms with E-state index in [1.165, 1.54) is 0 Å². The Morgan fingerprint density at radius 2 is 2.25 bits per heavy atom. The van der Waals surface area contributed by atoms with E-state index in [0.29, 0.717) is 5.70 Å². The molecule has 1 amide bonds. The van der Waals surface area contributed by atoms with Crippen molar-refractivity contribution in [1.29, 1.82) is 0 Å². The van der Waals surface area contributed by atoms with E-state index in [4.69, 9.17) is 5.11 Å². The van der Waals surface area contributed by atoms with Crippen LogP contribution in [0.15, 0.2) is 11.8 Å². The maximum atomic E-state index is 9.82. The van der Waals surface area contributed by atoms with Crippen molar-refractivity contribution in [3.05, 3.63) is 11.8 Å². The molecule has 0 bridgehead atoms. The van der Waals surface area contributed by atoms with Crippen LogP contribution in [0.1, 0.15) is 13.8 Å². The Kier molecular flexibility index (Phi) is 2.69. The predicted molar refractivity (Wildman–Crippen MR) is 30.6 cm³/mol. The fourth-order valence-electron chi connectivity index (χ4n) is 0.241. The zero-order chi connectivity index (χ0) is 6.57. The SMILES string of the molecule is C/C=C(\C)NC(=O)O. The molecule has 0 saturated heterocycles. The van der Waals surface area contributed by atoms with Gasteiger partial charge in [-0.05, 0) is 13.8 Å². The van der Waals surface area contributed by atoms with Crippen molar-refractivity contribution in [3.8, 4) is 0 Å². The molecular weight excluding hydrogens is 106 g/mol. The van der Waals surface area contributed by atoms with E-state index in [2.05, 4.69) is 5.32 Å². The number of hydrogen-bond acceptors (Lipinski definition) is 1. The van der Waals surface area contributed by atoms with Crippen molar-refractivity contribution < 1.29 is 9.90 Å². The van der Waals surface area contributed by atoms with Gasteiger partial charge in [0, 0.05) is 5.70 Å². The quantitative estimate of drug-likeness (QED) is 0.539. The van der Waals surface area contributed by atoms with Crippen molar-refractivity contribution in [1.82, 2.24) is 5.32 Å². The maximum absolute atomic E-state index is 9.82. The highest BCUT2D eigenvalue weighted by Gasteiger charge is 1.90. The van der Waals surface area contributed by atoms with Crippen LogP contribution >= 0.6 is 0 Å². The van der Waals surface area contributed by atoms with E-state index in [-0.39, 0.29) is 0 Å². The number of carboxylic acid groups (broad SMARTS) is 1. The summed E-state index contributed by atoms with van der Waals surface area (Å²) in [7, 11) is 0. The first-order valence-corrected chi connectivity index (χ1v) is 2.29. The van der Waals surface area contributed by atoms with Gasteiger partial charge >= 0.3 is 6.09 Å². The molecule has 0 spiro atoms. The van der Waals surface area contributed by atoms with E-state index < -0.39 is 6.09 Å². The largest absolute Gasteiger partial charge is 0.465 e. The van der Waals surface area contributed by atoms with Crippen LogP contribution in [-0.4, -0.2) is 11.2 Å². The number of rotatable bonds is 1. The predicted octanol–water partition coefficient (Wildman–Crippen LogP) is 1.18. The summed E-state index contributed by atoms with van der Waals surface area (Å²) in [5, 5.41) is 10.2. The van der Waals surface area contributed by atoms with Gasteiger partial charge in [-0.1, -0.05) is 6.08 Å². The van der Waals surface area contributed by atoms with Crippen LogP contribution in [0.4, 0.5) is 4.79 Å². The molecule has 0 aromatic carbocycles. The number of nitrogens with one attached hydrogen (secondary N) is 1. The molecule has 0 aliphatic rings. The molecule has 46 valence electrons. The lowest BCUT2D eigenvalue weighted by Gasteiger charge is -1.95. The Morgan fingerprint density at radius 1 is 1.75 bits per heavy atom. The van der Waals surface area contributed by atoms with Crippen LogP contribution in [0.2, 0.25) is 0 Å². The standard InChI is InChI=1S/C5H9NO2/c1-3-4(2)6-5(7)8/h3,6H,1-2H3,(H,7,8)/b4-3+. The summed E-state index contributed by atoms with van der Waals surface area (Å²) in [6, 6.07) is 0. The molecule has 0 saturated carbocycles. The van der Waals surface area contributed by atoms with Crippen molar-refractivity contribution in [2.24, 2.45) is 0 Å². The highest BCUT2D eigenvalue weighted by Crippen LogP contribution is 1.82. The maximum Gasteiger partial charge on any atom is 0.408 e. The molecule has 8 heavy (non-hydrogen) atoms. The number of allylic oxidation sites excluding steroid dienone is 2. The smallest absolute Gasteiger partial charge is 0.408 e. The molecule has 3 heteroatoms. The van der Waals surface area contributed by atoms with Crippen LogP contribution in [0.5, 0.6) is 0 Å². The van der Waals surface area contributed by atoms with Gasteiger partial charge in [0.25, 0.3) is 0 Å². The van der Waals surface area contributed by atoms with Crippen molar-refractivity contribution in [2.45, 2.75) is 13.8 Å². The fraction of sp³-hybridized carbons (Fsp3) is 0.400. The molecule has 0 fully saturated rings. The summed E-state index contributed by atoms with van der Waals surface area (Å²) in [6.45, 7) is 3.46. The zero-order valence-corrected chi connectivity index (χ0v) is 4.93. The average Bonchev–Trinajstić information content (AvgIpc) is 1.65. The van der Waals surface area contributed by atoms with Gasteiger partial charge in [0.05, 0.1) is 0 Å². The van der Waals surface area contributed by atoms with Gasteiger partial charge < -0.3 is 5.11 Å². The lowest BCUT2D eigenvalue weighted by atomic mass is 10.5. The normalized spacial score (nSPS) is 11.0. The van der Waals surface area contributed by atoms with Gasteiger partial charge in [-0.15, -0.1) is 0 Å². The zero-order valence-electron chi connectivity index (χ0n) is 4.93. The van der Waals surface area contributed by atoms with Crippen molar-refractivity contribution in [3.63, 3.8) is 0 Å². The van der Waals surface area contributed by atoms with Gasteiger partial charge in [-0.3, -0.25) is 5.32 Å². The van der Waals surface area contributed by atoms with Gasteiger partial charge in [-0.2, -0.15) is 0 Å². The van der Waals surface area contributed by atoms with Gasteiger partial charge in [-0.25, -0.2) is 4.79 Å². The number of amides is 1. The first-order chi connectivity index (χ1) is 3.66. The molecule has 0 aliphatic carbocycles. The summed E-state index contributed by atoms with van der Waals surface area (Å²) in [5.74, 6) is 0. The third-order valence-corrected chi connectivity index (χ3v) is 0.737. The Balaban J connectivity index is 3.56. The van der Waals surface area contributed by atoms with Crippen LogP contribution in [0, 0.1) is 0 Å². The second-order valence-corrected chi connectivity index (χ2v) is 1.40. The van der Waals surface area contributed by atoms with E-state index in [0.717, 1.165) is 0 Å². The minimum Gasteiger partial charge on any atom is -0.465 e. The summed E-state index contributed by atoms with van der Waals surface area (Å²) >= 11 is 0. The molecule has 0 atom stereocenters. The lowest BCUT2D eigenvalue weighted by Crippen LogP contribution is -2.17. The monoisotopic (exact) mass is 115 g/mol. The highest BCUT2D eigenvalue weighted by molar-refractivity contribution is 5.66. The van der Waals surface area contributed by atoms with Gasteiger partial charge in [0.1, 0.15) is 0 Å². The third kappa shape index (κ3) is 3.21. The van der Waals surface area contributed by atoms with Crippen LogP contribution in [0.3, 0.4) is 0 Å². The average molecular weight is 115 g/mol. The number of carbonyl (C=O) groups is 1. The summed E-state index contributed by atoms with van der Waals surface area (Å²) in [6.07, 6.45) is 0.675. The molecule has 0 unspecified atom stereocenters. The Bertz CT molecular complexity index is 118. The lowest BCUT2D eigenvalue weighted by molar-refractivity contribution is 0.197. The third-order valence-electron chi connectivity index (χ3n) is 0.737. The second-order valence-electron chi connectivity index (χ2n) is 1.40. The van der Waals surface area contributed by atoms with Crippen molar-refractivity contribution in [2.75, 3.05) is 0 Å². The van der Waals surface area contributed by atoms with Gasteiger partial charge in [0.2, 0.25) is 0 Å².